The van der Waals surface area contributed by atoms with Crippen LogP contribution < -0.4 is 14.9 Å². The number of benzene rings is 2. The Labute approximate surface area is 185 Å². The number of aromatic nitrogens is 1. The van der Waals surface area contributed by atoms with Gasteiger partial charge in [-0.05, 0) is 42.8 Å². The number of nitrogens with zero attached hydrogens (tertiary/aromatic N) is 2. The normalized spacial score (nSPS) is 16.5. The van der Waals surface area contributed by atoms with Crippen LogP contribution in [0.2, 0.25) is 0 Å². The average molecular weight is 435 g/mol. The fourth-order valence-electron chi connectivity index (χ4n) is 4.40. The fraction of sp³-hybridized carbons (Fsp3) is 0.333. The molecule has 5 rings (SSSR count). The van der Waals surface area contributed by atoms with Gasteiger partial charge in [0, 0.05) is 61.4 Å². The van der Waals surface area contributed by atoms with Crippen molar-refractivity contribution in [2.75, 3.05) is 33.0 Å². The summed E-state index contributed by atoms with van der Waals surface area (Å²) in [6.07, 6.45) is 0. The summed E-state index contributed by atoms with van der Waals surface area (Å²) in [7, 11) is 0. The molecule has 1 fully saturated rings. The second-order valence-electron chi connectivity index (χ2n) is 8.36. The summed E-state index contributed by atoms with van der Waals surface area (Å²) in [5.74, 6) is 0.565. The molecule has 2 aliphatic rings. The van der Waals surface area contributed by atoms with Gasteiger partial charge in [-0.3, -0.25) is 14.6 Å². The molecule has 8 heteroatoms. The number of H-pyrrole nitrogens is 1. The summed E-state index contributed by atoms with van der Waals surface area (Å²) in [5.41, 5.74) is 3.41. The maximum atomic E-state index is 13.1. The van der Waals surface area contributed by atoms with Crippen molar-refractivity contribution < 1.29 is 19.4 Å². The summed E-state index contributed by atoms with van der Waals surface area (Å²) in [6.45, 7) is 7.10. The van der Waals surface area contributed by atoms with Crippen molar-refractivity contribution in [2.24, 2.45) is 0 Å². The van der Waals surface area contributed by atoms with Crippen LogP contribution in [0.25, 0.3) is 10.9 Å². The number of fused-ring (bicyclic) bond motifs is 2. The second-order valence-corrected chi connectivity index (χ2v) is 8.36. The van der Waals surface area contributed by atoms with Gasteiger partial charge in [0.1, 0.15) is 0 Å². The predicted octanol–water partition coefficient (Wildman–Crippen LogP) is 2.58. The Balaban J connectivity index is 1.26. The lowest BCUT2D eigenvalue weighted by molar-refractivity contribution is 0.0697. The lowest BCUT2D eigenvalue weighted by Gasteiger charge is -2.34. The Morgan fingerprint density at radius 2 is 1.72 bits per heavy atom. The maximum absolute atomic E-state index is 13.1. The number of carboxylic acids is 1. The van der Waals surface area contributed by atoms with E-state index in [2.05, 4.69) is 20.9 Å². The van der Waals surface area contributed by atoms with E-state index in [1.165, 1.54) is 17.7 Å². The van der Waals surface area contributed by atoms with E-state index < -0.39 is 5.97 Å². The summed E-state index contributed by atoms with van der Waals surface area (Å²) in [5, 5.41) is 9.68. The maximum Gasteiger partial charge on any atom is 0.335 e. The Morgan fingerprint density at radius 3 is 2.47 bits per heavy atom. The Morgan fingerprint density at radius 1 is 1.00 bits per heavy atom. The van der Waals surface area contributed by atoms with E-state index in [4.69, 9.17) is 9.47 Å². The minimum atomic E-state index is -1.04. The van der Waals surface area contributed by atoms with Crippen LogP contribution in [0.3, 0.4) is 0 Å². The van der Waals surface area contributed by atoms with Crippen molar-refractivity contribution in [3.8, 4) is 11.5 Å². The first-order chi connectivity index (χ1) is 15.5. The number of hydrogen-bond acceptors (Lipinski definition) is 6. The topological polar surface area (TPSA) is 95.1 Å². The van der Waals surface area contributed by atoms with Crippen molar-refractivity contribution in [1.29, 1.82) is 0 Å². The van der Waals surface area contributed by atoms with Gasteiger partial charge in [0.05, 0.1) is 5.56 Å². The van der Waals surface area contributed by atoms with Crippen LogP contribution in [0.15, 0.2) is 41.2 Å². The molecule has 0 amide bonds. The SMILES string of the molecule is Cc1[nH]c2ccc(C(=O)O)cc2c(=O)c1CN1CCN(Cc2ccc3c(c2)OCO3)CC1. The Bertz CT molecular complexity index is 1240. The van der Waals surface area contributed by atoms with Gasteiger partial charge in [0.15, 0.2) is 16.9 Å². The summed E-state index contributed by atoms with van der Waals surface area (Å²) >= 11 is 0. The third kappa shape index (κ3) is 3.94. The number of carboxylic acid groups (broad SMARTS) is 1. The van der Waals surface area contributed by atoms with Crippen LogP contribution in [0.4, 0.5) is 0 Å². The second kappa shape index (κ2) is 8.29. The molecule has 0 unspecified atom stereocenters. The van der Waals surface area contributed by atoms with E-state index in [1.807, 2.05) is 19.1 Å². The zero-order valence-corrected chi connectivity index (χ0v) is 17.9. The van der Waals surface area contributed by atoms with Crippen LogP contribution in [0, 0.1) is 6.92 Å². The number of pyridine rings is 1. The van der Waals surface area contributed by atoms with E-state index in [0.717, 1.165) is 49.9 Å². The van der Waals surface area contributed by atoms with Gasteiger partial charge in [-0.25, -0.2) is 4.79 Å². The molecule has 2 aliphatic heterocycles. The highest BCUT2D eigenvalue weighted by molar-refractivity contribution is 5.93. The third-order valence-corrected chi connectivity index (χ3v) is 6.25. The number of rotatable bonds is 5. The zero-order valence-electron chi connectivity index (χ0n) is 17.9. The third-order valence-electron chi connectivity index (χ3n) is 6.25. The Kier molecular flexibility index (Phi) is 5.32. The van der Waals surface area contributed by atoms with Gasteiger partial charge in [0.25, 0.3) is 0 Å². The molecule has 1 aromatic heterocycles. The fourth-order valence-corrected chi connectivity index (χ4v) is 4.40. The van der Waals surface area contributed by atoms with Crippen LogP contribution in [-0.2, 0) is 13.1 Å². The molecule has 1 saturated heterocycles. The molecule has 0 bridgehead atoms. The highest BCUT2D eigenvalue weighted by Gasteiger charge is 2.21. The standard InChI is InChI=1S/C24H25N3O5/c1-15-19(23(28)18-11-17(24(29)30)3-4-20(18)25-15)13-27-8-6-26(7-9-27)12-16-2-5-21-22(10-16)32-14-31-21/h2-5,10-11H,6-9,12-14H2,1H3,(H,25,28)(H,29,30). The van der Waals surface area contributed by atoms with Crippen molar-refractivity contribution in [3.05, 3.63) is 69.0 Å². The van der Waals surface area contributed by atoms with E-state index in [-0.39, 0.29) is 17.8 Å². The number of ether oxygens (including phenoxy) is 2. The van der Waals surface area contributed by atoms with Gasteiger partial charge in [0.2, 0.25) is 6.79 Å². The first-order valence-electron chi connectivity index (χ1n) is 10.7. The first kappa shape index (κ1) is 20.5. The molecule has 166 valence electrons. The molecule has 2 aromatic carbocycles. The van der Waals surface area contributed by atoms with Crippen molar-refractivity contribution in [1.82, 2.24) is 14.8 Å². The molecule has 3 aromatic rings. The summed E-state index contributed by atoms with van der Waals surface area (Å²) in [4.78, 5) is 32.4. The average Bonchev–Trinajstić information content (AvgIpc) is 3.25. The summed E-state index contributed by atoms with van der Waals surface area (Å²) in [6, 6.07) is 10.7. The zero-order chi connectivity index (χ0) is 22.2. The minimum Gasteiger partial charge on any atom is -0.478 e. The lowest BCUT2D eigenvalue weighted by atomic mass is 10.1. The number of aryl methyl sites for hydroxylation is 1. The van der Waals surface area contributed by atoms with Crippen LogP contribution in [-0.4, -0.2) is 58.8 Å². The number of aromatic amines is 1. The van der Waals surface area contributed by atoms with Crippen LogP contribution in [0.1, 0.15) is 27.2 Å². The Hall–Kier alpha value is -3.36. The minimum absolute atomic E-state index is 0.0952. The number of hydrogen-bond donors (Lipinski definition) is 2. The highest BCUT2D eigenvalue weighted by Crippen LogP contribution is 2.32. The molecule has 0 saturated carbocycles. The quantitative estimate of drug-likeness (QED) is 0.636. The molecule has 3 heterocycles. The van der Waals surface area contributed by atoms with Crippen molar-refractivity contribution in [3.63, 3.8) is 0 Å². The number of aromatic carboxylic acids is 1. The molecule has 8 nitrogen and oxygen atoms in total. The highest BCUT2D eigenvalue weighted by atomic mass is 16.7. The van der Waals surface area contributed by atoms with E-state index in [0.29, 0.717) is 23.0 Å². The summed E-state index contributed by atoms with van der Waals surface area (Å²) < 4.78 is 10.8. The van der Waals surface area contributed by atoms with E-state index in [1.54, 1.807) is 6.07 Å². The first-order valence-corrected chi connectivity index (χ1v) is 10.7. The van der Waals surface area contributed by atoms with Crippen LogP contribution >= 0.6 is 0 Å². The largest absolute Gasteiger partial charge is 0.478 e. The molecular weight excluding hydrogens is 410 g/mol. The van der Waals surface area contributed by atoms with Gasteiger partial charge in [-0.15, -0.1) is 0 Å². The molecule has 0 radical (unpaired) electrons. The van der Waals surface area contributed by atoms with E-state index >= 15 is 0 Å². The smallest absolute Gasteiger partial charge is 0.335 e. The lowest BCUT2D eigenvalue weighted by Crippen LogP contribution is -2.46. The van der Waals surface area contributed by atoms with Gasteiger partial charge in [-0.1, -0.05) is 6.07 Å². The van der Waals surface area contributed by atoms with E-state index in [9.17, 15) is 14.7 Å². The molecule has 32 heavy (non-hydrogen) atoms. The van der Waals surface area contributed by atoms with Gasteiger partial charge in [-0.2, -0.15) is 0 Å². The molecular formula is C24H25N3O5. The number of nitrogens with one attached hydrogen (secondary N) is 1. The van der Waals surface area contributed by atoms with Crippen LogP contribution in [0.5, 0.6) is 11.5 Å². The monoisotopic (exact) mass is 435 g/mol. The van der Waals surface area contributed by atoms with Crippen molar-refractivity contribution >= 4 is 16.9 Å². The number of piperazine rings is 1. The van der Waals surface area contributed by atoms with Crippen molar-refractivity contribution in [2.45, 2.75) is 20.0 Å². The predicted molar refractivity (Wildman–Crippen MR) is 119 cm³/mol. The molecule has 0 aliphatic carbocycles. The van der Waals surface area contributed by atoms with Gasteiger partial charge >= 0.3 is 5.97 Å². The molecule has 0 atom stereocenters. The molecule has 2 N–H and O–H groups in total. The number of carbonyl (C=O) groups is 1. The molecule has 0 spiro atoms. The van der Waals surface area contributed by atoms with Gasteiger partial charge < -0.3 is 19.6 Å².